The van der Waals surface area contributed by atoms with Crippen molar-refractivity contribution in [3.8, 4) is 0 Å². The van der Waals surface area contributed by atoms with Crippen LogP contribution in [-0.2, 0) is 4.89 Å². The minimum atomic E-state index is -0.0436. The van der Waals surface area contributed by atoms with Gasteiger partial charge in [0.25, 0.3) is 0 Å². The first-order valence-electron chi connectivity index (χ1n) is 1.64. The molecule has 4 heteroatoms. The molecule has 0 aromatic carbocycles. The fourth-order valence-corrected chi connectivity index (χ4v) is 0.159. The Morgan fingerprint density at radius 2 is 2.57 bits per heavy atom. The predicted molar refractivity (Wildman–Crippen MR) is 26.7 cm³/mol. The third-order valence-electron chi connectivity index (χ3n) is 0.383. The van der Waals surface area contributed by atoms with Crippen LogP contribution in [-0.4, -0.2) is 11.9 Å². The van der Waals surface area contributed by atoms with Crippen molar-refractivity contribution in [1.29, 1.82) is 0 Å². The Hall–Kier alpha value is -0.250. The Kier molecular flexibility index (Phi) is 3.78. The molecule has 0 amide bonds. The molecule has 0 radical (unpaired) electrons. The molecule has 3 nitrogen and oxygen atoms in total. The zero-order valence-electron chi connectivity index (χ0n) is 3.60. The second-order valence-electron chi connectivity index (χ2n) is 0.887. The van der Waals surface area contributed by atoms with Gasteiger partial charge in [-0.3, -0.25) is 5.26 Å². The van der Waals surface area contributed by atoms with E-state index in [0.29, 0.717) is 0 Å². The van der Waals surface area contributed by atoms with Crippen LogP contribution in [0.15, 0.2) is 11.2 Å². The summed E-state index contributed by atoms with van der Waals surface area (Å²) in [7, 11) is 0. The summed E-state index contributed by atoms with van der Waals surface area (Å²) in [4.78, 5) is 3.61. The lowest BCUT2D eigenvalue weighted by Gasteiger charge is -1.88. The van der Waals surface area contributed by atoms with Gasteiger partial charge >= 0.3 is 0 Å². The highest BCUT2D eigenvalue weighted by atomic mass is 35.5. The molecule has 0 heterocycles. The van der Waals surface area contributed by atoms with Gasteiger partial charge in [0.2, 0.25) is 0 Å². The zero-order chi connectivity index (χ0) is 5.70. The standard InChI is InChI=1S/C3H6ClNO2/c4-3(1-5)2-7-6/h1,6H,2,5H2/b3-1-. The molecule has 7 heavy (non-hydrogen) atoms. The van der Waals surface area contributed by atoms with Crippen LogP contribution in [0, 0.1) is 0 Å². The first-order valence-corrected chi connectivity index (χ1v) is 2.01. The molecule has 0 fully saturated rings. The quantitative estimate of drug-likeness (QED) is 0.416. The Morgan fingerprint density at radius 1 is 2.00 bits per heavy atom. The van der Waals surface area contributed by atoms with Crippen LogP contribution in [0.25, 0.3) is 0 Å². The fourth-order valence-electron chi connectivity index (χ4n) is 0.110. The van der Waals surface area contributed by atoms with Gasteiger partial charge in [-0.2, -0.15) is 0 Å². The van der Waals surface area contributed by atoms with Crippen molar-refractivity contribution in [2.24, 2.45) is 5.73 Å². The first-order chi connectivity index (χ1) is 3.31. The molecule has 0 spiro atoms. The minimum absolute atomic E-state index is 0.0436. The first kappa shape index (κ1) is 6.75. The Morgan fingerprint density at radius 3 is 2.71 bits per heavy atom. The molecular formula is C3H6ClNO2. The van der Waals surface area contributed by atoms with E-state index in [2.05, 4.69) is 4.89 Å². The highest BCUT2D eigenvalue weighted by molar-refractivity contribution is 6.29. The molecule has 0 atom stereocenters. The predicted octanol–water partition coefficient (Wildman–Crippen LogP) is 0.515. The van der Waals surface area contributed by atoms with Crippen LogP contribution < -0.4 is 5.73 Å². The van der Waals surface area contributed by atoms with Gasteiger partial charge in [-0.15, -0.1) is 0 Å². The van der Waals surface area contributed by atoms with Gasteiger partial charge in [0.05, 0.1) is 5.03 Å². The van der Waals surface area contributed by atoms with Crippen molar-refractivity contribution in [3.05, 3.63) is 11.2 Å². The lowest BCUT2D eigenvalue weighted by molar-refractivity contribution is -0.232. The smallest absolute Gasteiger partial charge is 0.119 e. The van der Waals surface area contributed by atoms with Crippen LogP contribution in [0.1, 0.15) is 0 Å². The lowest BCUT2D eigenvalue weighted by atomic mass is 10.6. The van der Waals surface area contributed by atoms with Gasteiger partial charge in [0, 0.05) is 6.20 Å². The number of nitrogens with two attached hydrogens (primary N) is 1. The SMILES string of the molecule is N/C=C(\Cl)COO. The Balaban J connectivity index is 3.17. The van der Waals surface area contributed by atoms with E-state index in [-0.39, 0.29) is 11.6 Å². The summed E-state index contributed by atoms with van der Waals surface area (Å²) in [6.45, 7) is -0.0436. The number of hydrogen-bond donors (Lipinski definition) is 2. The monoisotopic (exact) mass is 123 g/mol. The maximum Gasteiger partial charge on any atom is 0.119 e. The molecule has 0 bridgehead atoms. The molecule has 0 aromatic rings. The largest absolute Gasteiger partial charge is 0.404 e. The Labute approximate surface area is 46.3 Å². The normalized spacial score (nSPS) is 12.0. The van der Waals surface area contributed by atoms with E-state index in [1.54, 1.807) is 0 Å². The Bertz CT molecular complexity index is 73.3. The van der Waals surface area contributed by atoms with Crippen molar-refractivity contribution in [2.45, 2.75) is 0 Å². The summed E-state index contributed by atoms with van der Waals surface area (Å²) in [6.07, 6.45) is 1.15. The van der Waals surface area contributed by atoms with Gasteiger partial charge in [-0.25, -0.2) is 4.89 Å². The van der Waals surface area contributed by atoms with Crippen LogP contribution in [0.4, 0.5) is 0 Å². The van der Waals surface area contributed by atoms with Crippen molar-refractivity contribution >= 4 is 11.6 Å². The van der Waals surface area contributed by atoms with E-state index in [1.807, 2.05) is 0 Å². The molecule has 0 aliphatic rings. The second kappa shape index (κ2) is 3.92. The average Bonchev–Trinajstić information content (AvgIpc) is 1.68. The average molecular weight is 124 g/mol. The number of rotatable bonds is 2. The third kappa shape index (κ3) is 3.58. The molecule has 3 N–H and O–H groups in total. The van der Waals surface area contributed by atoms with Crippen molar-refractivity contribution in [1.82, 2.24) is 0 Å². The van der Waals surface area contributed by atoms with Crippen molar-refractivity contribution in [2.75, 3.05) is 6.61 Å². The molecule has 0 unspecified atom stereocenters. The summed E-state index contributed by atoms with van der Waals surface area (Å²) in [5.41, 5.74) is 4.87. The highest BCUT2D eigenvalue weighted by Gasteiger charge is 1.85. The molecule has 0 aliphatic heterocycles. The van der Waals surface area contributed by atoms with E-state index in [1.165, 1.54) is 0 Å². The van der Waals surface area contributed by atoms with Crippen molar-refractivity contribution in [3.63, 3.8) is 0 Å². The van der Waals surface area contributed by atoms with Gasteiger partial charge in [-0.1, -0.05) is 11.6 Å². The molecule has 42 valence electrons. The summed E-state index contributed by atoms with van der Waals surface area (Å²) >= 11 is 5.22. The maximum atomic E-state index is 7.69. The summed E-state index contributed by atoms with van der Waals surface area (Å²) < 4.78 is 0. The van der Waals surface area contributed by atoms with Gasteiger partial charge in [0.1, 0.15) is 6.61 Å². The number of halogens is 1. The van der Waals surface area contributed by atoms with E-state index < -0.39 is 0 Å². The molecule has 0 rings (SSSR count). The van der Waals surface area contributed by atoms with Crippen LogP contribution in [0.5, 0.6) is 0 Å². The maximum absolute atomic E-state index is 7.69. The summed E-state index contributed by atoms with van der Waals surface area (Å²) in [5.74, 6) is 0. The van der Waals surface area contributed by atoms with Gasteiger partial charge in [-0.05, 0) is 0 Å². The van der Waals surface area contributed by atoms with E-state index in [9.17, 15) is 0 Å². The van der Waals surface area contributed by atoms with E-state index >= 15 is 0 Å². The highest BCUT2D eigenvalue weighted by Crippen LogP contribution is 1.95. The molecule has 0 saturated heterocycles. The van der Waals surface area contributed by atoms with E-state index in [0.717, 1.165) is 6.20 Å². The fraction of sp³-hybridized carbons (Fsp3) is 0.333. The van der Waals surface area contributed by atoms with Gasteiger partial charge in [0.15, 0.2) is 0 Å². The second-order valence-corrected chi connectivity index (χ2v) is 1.37. The lowest BCUT2D eigenvalue weighted by Crippen LogP contribution is -1.90. The van der Waals surface area contributed by atoms with E-state index in [4.69, 9.17) is 22.6 Å². The molecule has 0 aromatic heterocycles. The molecular weight excluding hydrogens is 117 g/mol. The van der Waals surface area contributed by atoms with Crippen LogP contribution in [0.3, 0.4) is 0 Å². The molecule has 0 saturated carbocycles. The van der Waals surface area contributed by atoms with Crippen LogP contribution >= 0.6 is 11.6 Å². The van der Waals surface area contributed by atoms with Crippen molar-refractivity contribution < 1.29 is 10.1 Å². The van der Waals surface area contributed by atoms with Crippen LogP contribution in [0.2, 0.25) is 0 Å². The minimum Gasteiger partial charge on any atom is -0.404 e. The molecule has 0 aliphatic carbocycles. The number of hydrogen-bond acceptors (Lipinski definition) is 3. The third-order valence-corrected chi connectivity index (χ3v) is 0.618. The van der Waals surface area contributed by atoms with Gasteiger partial charge < -0.3 is 5.73 Å². The zero-order valence-corrected chi connectivity index (χ0v) is 4.35. The summed E-state index contributed by atoms with van der Waals surface area (Å²) in [6, 6.07) is 0. The topological polar surface area (TPSA) is 55.5 Å². The summed E-state index contributed by atoms with van der Waals surface area (Å²) in [5, 5.41) is 7.97.